The van der Waals surface area contributed by atoms with Gasteiger partial charge in [-0.2, -0.15) is 0 Å². The number of aromatic nitrogens is 2. The van der Waals surface area contributed by atoms with Crippen molar-refractivity contribution in [1.82, 2.24) is 23.6 Å². The Labute approximate surface area is 152 Å². The molecule has 0 spiro atoms. The van der Waals surface area contributed by atoms with Crippen molar-refractivity contribution in [3.63, 3.8) is 0 Å². The molecule has 0 saturated carbocycles. The Kier molecular flexibility index (Phi) is 8.13. The molecule has 0 saturated heterocycles. The maximum absolute atomic E-state index is 11.7. The van der Waals surface area contributed by atoms with Crippen LogP contribution in [0.1, 0.15) is 5.56 Å². The summed E-state index contributed by atoms with van der Waals surface area (Å²) < 4.78 is 13.6. The third kappa shape index (κ3) is 4.30. The van der Waals surface area contributed by atoms with Crippen LogP contribution in [0.5, 0.6) is 5.88 Å². The zero-order valence-corrected chi connectivity index (χ0v) is 17.8. The zero-order chi connectivity index (χ0) is 15.7. The molecule has 0 bridgehead atoms. The molecule has 0 amide bonds. The van der Waals surface area contributed by atoms with Crippen molar-refractivity contribution in [2.45, 2.75) is 6.92 Å². The molecule has 0 aliphatic rings. The summed E-state index contributed by atoms with van der Waals surface area (Å²) in [5.41, 5.74) is 0.335. The van der Waals surface area contributed by atoms with E-state index in [0.29, 0.717) is 11.4 Å². The Morgan fingerprint density at radius 2 is 1.52 bits per heavy atom. The Morgan fingerprint density at radius 1 is 1.10 bits per heavy atom. The number of rotatable bonds is 5. The van der Waals surface area contributed by atoms with Crippen LogP contribution in [-0.4, -0.2) is 65.8 Å². The molecule has 0 aliphatic carbocycles. The van der Waals surface area contributed by atoms with Crippen LogP contribution < -0.4 is 10.2 Å². The van der Waals surface area contributed by atoms with E-state index >= 15 is 0 Å². The van der Waals surface area contributed by atoms with E-state index in [9.17, 15) is 4.79 Å². The van der Waals surface area contributed by atoms with Gasteiger partial charge in [-0.15, -0.1) is 14.0 Å². The van der Waals surface area contributed by atoms with Gasteiger partial charge in [-0.1, -0.05) is 18.7 Å². The number of nitrogens with zero attached hydrogens (tertiary/aromatic N) is 5. The van der Waals surface area contributed by atoms with Crippen molar-refractivity contribution in [2.24, 2.45) is 7.05 Å². The fourth-order valence-corrected chi connectivity index (χ4v) is 5.16. The van der Waals surface area contributed by atoms with Crippen molar-refractivity contribution in [3.05, 3.63) is 22.2 Å². The molecule has 117 valence electrons. The molecule has 0 aliphatic heterocycles. The van der Waals surface area contributed by atoms with Gasteiger partial charge < -0.3 is 13.9 Å². The number of aryl methyl sites for hydroxylation is 2. The van der Waals surface area contributed by atoms with E-state index < -0.39 is 7.94 Å². The second kappa shape index (κ2) is 8.09. The zero-order valence-electron chi connectivity index (χ0n) is 14.1. The van der Waals surface area contributed by atoms with E-state index in [4.69, 9.17) is 4.52 Å². The molecule has 7 nitrogen and oxygen atoms in total. The summed E-state index contributed by atoms with van der Waals surface area (Å²) in [5.74, 6) is 0.331. The van der Waals surface area contributed by atoms with Gasteiger partial charge in [0.1, 0.15) is 0 Å². The van der Waals surface area contributed by atoms with Crippen LogP contribution in [0.15, 0.2) is 4.79 Å². The first kappa shape index (κ1) is 21.1. The molecule has 9 heteroatoms. The van der Waals surface area contributed by atoms with Crippen LogP contribution in [0.4, 0.5) is 0 Å². The first-order chi connectivity index (χ1) is 9.12. The average molecular weight is 390 g/mol. The maximum atomic E-state index is 11.7. The molecule has 1 aromatic rings. The van der Waals surface area contributed by atoms with Crippen LogP contribution >= 0.6 is 7.94 Å². The van der Waals surface area contributed by atoms with Crippen molar-refractivity contribution < 1.29 is 37.2 Å². The Bertz CT molecular complexity index is 511. The van der Waals surface area contributed by atoms with Crippen molar-refractivity contribution in [1.29, 1.82) is 0 Å². The molecule has 1 rings (SSSR count). The topological polar surface area (TPSA) is 53.8 Å². The fraction of sp³-hybridized carbons (Fsp3) is 0.667. The molecule has 0 atom stereocenters. The van der Waals surface area contributed by atoms with Crippen LogP contribution in [0.2, 0.25) is 0 Å². The van der Waals surface area contributed by atoms with Gasteiger partial charge in [0.05, 0.1) is 0 Å². The normalized spacial score (nSPS) is 12.0. The summed E-state index contributed by atoms with van der Waals surface area (Å²) in [6.07, 6.45) is 2.93. The molecule has 0 unspecified atom stereocenters. The smallest absolute Gasteiger partial charge is 0.401 e. The summed E-state index contributed by atoms with van der Waals surface area (Å²) in [6.45, 7) is 1.83. The second-order valence-corrected chi connectivity index (χ2v) is 8.75. The molecule has 0 aromatic carbocycles. The van der Waals surface area contributed by atoms with Gasteiger partial charge in [-0.25, -0.2) is 0 Å². The van der Waals surface area contributed by atoms with E-state index in [1.54, 1.807) is 7.05 Å². The predicted octanol–water partition coefficient (Wildman–Crippen LogP) is 0.628. The maximum Gasteiger partial charge on any atom is 0.401 e. The van der Waals surface area contributed by atoms with E-state index in [2.05, 4.69) is 11.2 Å². The first-order valence-electron chi connectivity index (χ1n) is 6.22. The van der Waals surface area contributed by atoms with Gasteiger partial charge in [0, 0.05) is 75.0 Å². The van der Waals surface area contributed by atoms with Gasteiger partial charge >= 0.3 is 7.94 Å². The SMILES string of the molecule is Cc1[c-]n(C)c(=O)nc1O[P+](N(C)C)(N(C)C)N(C)C.[Y]. The van der Waals surface area contributed by atoms with E-state index in [1.807, 2.05) is 63.2 Å². The Hall–Kier alpha value is 0.0939. The molecular formula is C12H24N5O2PY. The Morgan fingerprint density at radius 3 is 1.90 bits per heavy atom. The minimum absolute atomic E-state index is 0. The van der Waals surface area contributed by atoms with E-state index in [0.717, 1.165) is 0 Å². The van der Waals surface area contributed by atoms with E-state index in [1.165, 1.54) is 4.57 Å². The molecule has 1 aromatic heterocycles. The fourth-order valence-electron chi connectivity index (χ4n) is 2.12. The largest absolute Gasteiger partial charge is 0.410 e. The second-order valence-electron chi connectivity index (χ2n) is 5.14. The van der Waals surface area contributed by atoms with Crippen LogP contribution in [0.25, 0.3) is 0 Å². The third-order valence-corrected chi connectivity index (χ3v) is 6.46. The van der Waals surface area contributed by atoms with Gasteiger partial charge in [0.25, 0.3) is 0 Å². The van der Waals surface area contributed by atoms with Gasteiger partial charge in [0.2, 0.25) is 5.69 Å². The monoisotopic (exact) mass is 390 g/mol. The standard InChI is InChI=1S/C12H24N5O2P.Y/c1-10-9-17(8)12(18)13-11(10)19-20(14(2)3,15(4)5)16(6)7;/h1-8H3;. The minimum atomic E-state index is -2.23. The van der Waals surface area contributed by atoms with Gasteiger partial charge in [-0.05, 0) is 7.05 Å². The van der Waals surface area contributed by atoms with Gasteiger partial charge in [-0.3, -0.25) is 4.98 Å². The molecule has 0 fully saturated rings. The summed E-state index contributed by atoms with van der Waals surface area (Å²) >= 11 is 0. The quantitative estimate of drug-likeness (QED) is 0.543. The van der Waals surface area contributed by atoms with E-state index in [-0.39, 0.29) is 38.4 Å². The molecule has 1 radical (unpaired) electrons. The number of hydrogen-bond acceptors (Lipinski definition) is 6. The van der Waals surface area contributed by atoms with Crippen LogP contribution in [0.3, 0.4) is 0 Å². The van der Waals surface area contributed by atoms with Crippen LogP contribution in [0, 0.1) is 13.1 Å². The van der Waals surface area contributed by atoms with Crippen molar-refractivity contribution >= 4 is 7.94 Å². The Balaban J connectivity index is 0.00000400. The first-order valence-corrected chi connectivity index (χ1v) is 7.78. The molecule has 21 heavy (non-hydrogen) atoms. The summed E-state index contributed by atoms with van der Waals surface area (Å²) in [7, 11) is 11.1. The van der Waals surface area contributed by atoms with Crippen LogP contribution in [-0.2, 0) is 39.8 Å². The molecule has 0 N–H and O–H groups in total. The summed E-state index contributed by atoms with van der Waals surface area (Å²) in [6, 6.07) is 0. The summed E-state index contributed by atoms with van der Waals surface area (Å²) in [5, 5.41) is 0. The average Bonchev–Trinajstić information content (AvgIpc) is 2.30. The third-order valence-electron chi connectivity index (χ3n) is 2.91. The van der Waals surface area contributed by atoms with Crippen molar-refractivity contribution in [2.75, 3.05) is 42.3 Å². The van der Waals surface area contributed by atoms with Gasteiger partial charge in [0.15, 0.2) is 5.88 Å². The molecular weight excluding hydrogens is 366 g/mol. The predicted molar refractivity (Wildman–Crippen MR) is 81.7 cm³/mol. The summed E-state index contributed by atoms with van der Waals surface area (Å²) in [4.78, 5) is 15.7. The number of hydrogen-bond donors (Lipinski definition) is 0. The minimum Gasteiger partial charge on any atom is -0.410 e. The molecule has 1 heterocycles. The van der Waals surface area contributed by atoms with Crippen molar-refractivity contribution in [3.8, 4) is 5.88 Å².